The van der Waals surface area contributed by atoms with E-state index in [1.807, 2.05) is 0 Å². The van der Waals surface area contributed by atoms with E-state index in [0.29, 0.717) is 22.0 Å². The summed E-state index contributed by atoms with van der Waals surface area (Å²) in [5.74, 6) is -1.57. The Kier molecular flexibility index (Phi) is 5.13. The van der Waals surface area contributed by atoms with Crippen LogP contribution in [0.25, 0.3) is 21.8 Å². The van der Waals surface area contributed by atoms with Crippen LogP contribution < -0.4 is 10.7 Å². The van der Waals surface area contributed by atoms with Gasteiger partial charge in [-0.15, -0.1) is 0 Å². The second-order valence-electron chi connectivity index (χ2n) is 8.22. The number of aromatic nitrogens is 1. The molecule has 0 saturated carbocycles. The molecule has 6 nitrogen and oxygen atoms in total. The smallest absolute Gasteiger partial charge is 0.255 e. The molecule has 8 heteroatoms. The Balaban J connectivity index is 1.78. The van der Waals surface area contributed by atoms with E-state index in [4.69, 9.17) is 0 Å². The van der Waals surface area contributed by atoms with E-state index >= 15 is 0 Å². The summed E-state index contributed by atoms with van der Waals surface area (Å²) in [5, 5.41) is 3.29. The highest BCUT2D eigenvalue weighted by Gasteiger charge is 2.30. The Morgan fingerprint density at radius 3 is 2.34 bits per heavy atom. The molecule has 0 unspecified atom stereocenters. The summed E-state index contributed by atoms with van der Waals surface area (Å²) in [6.07, 6.45) is 1.09. The summed E-state index contributed by atoms with van der Waals surface area (Å²) >= 11 is 0. The molecule has 1 amide bonds. The predicted octanol–water partition coefficient (Wildman–Crippen LogP) is 3.89. The van der Waals surface area contributed by atoms with E-state index in [1.54, 1.807) is 56.3 Å². The number of hydrogen-bond donors (Lipinski definition) is 2. The van der Waals surface area contributed by atoms with E-state index in [9.17, 15) is 22.4 Å². The highest BCUT2D eigenvalue weighted by atomic mass is 32.2. The fourth-order valence-corrected chi connectivity index (χ4v) is 4.89. The third-order valence-electron chi connectivity index (χ3n) is 5.42. The third kappa shape index (κ3) is 3.78. The number of fused-ring (bicyclic) bond motifs is 2. The average molecular weight is 453 g/mol. The normalized spacial score (nSPS) is 12.2. The Labute approximate surface area is 184 Å². The van der Waals surface area contributed by atoms with Crippen molar-refractivity contribution in [2.75, 3.05) is 6.26 Å². The van der Waals surface area contributed by atoms with Crippen LogP contribution in [0.3, 0.4) is 0 Å². The minimum atomic E-state index is -3.54. The van der Waals surface area contributed by atoms with E-state index in [1.165, 1.54) is 12.1 Å². The molecule has 0 saturated heterocycles. The molecule has 0 radical (unpaired) electrons. The zero-order chi connectivity index (χ0) is 23.3. The van der Waals surface area contributed by atoms with E-state index in [-0.39, 0.29) is 21.3 Å². The third-order valence-corrected chi connectivity index (χ3v) is 6.58. The van der Waals surface area contributed by atoms with Crippen molar-refractivity contribution in [2.45, 2.75) is 24.3 Å². The van der Waals surface area contributed by atoms with Gasteiger partial charge in [-0.1, -0.05) is 30.3 Å². The van der Waals surface area contributed by atoms with Crippen molar-refractivity contribution in [1.29, 1.82) is 0 Å². The Morgan fingerprint density at radius 1 is 0.969 bits per heavy atom. The number of halogens is 1. The molecule has 32 heavy (non-hydrogen) atoms. The minimum absolute atomic E-state index is 0.0834. The quantitative estimate of drug-likeness (QED) is 0.459. The lowest BCUT2D eigenvalue weighted by Gasteiger charge is -2.29. The van der Waals surface area contributed by atoms with Gasteiger partial charge in [0, 0.05) is 22.5 Å². The summed E-state index contributed by atoms with van der Waals surface area (Å²) in [6.45, 7) is 3.28. The van der Waals surface area contributed by atoms with E-state index in [2.05, 4.69) is 10.3 Å². The van der Waals surface area contributed by atoms with Crippen LogP contribution in [0.5, 0.6) is 0 Å². The number of carbonyl (C=O) groups excluding carboxylic acids is 1. The van der Waals surface area contributed by atoms with Gasteiger partial charge in [-0.3, -0.25) is 9.59 Å². The summed E-state index contributed by atoms with van der Waals surface area (Å²) in [4.78, 5) is 28.9. The molecular weight excluding hydrogens is 431 g/mol. The first-order valence-corrected chi connectivity index (χ1v) is 11.7. The largest absolute Gasteiger partial charge is 0.354 e. The first-order valence-electron chi connectivity index (χ1n) is 9.85. The molecule has 4 aromatic rings. The van der Waals surface area contributed by atoms with Crippen LogP contribution in [0.15, 0.2) is 70.4 Å². The number of hydrogen-bond acceptors (Lipinski definition) is 4. The molecule has 0 bridgehead atoms. The second-order valence-corrected chi connectivity index (χ2v) is 10.2. The molecule has 164 valence electrons. The van der Waals surface area contributed by atoms with Crippen LogP contribution in [-0.4, -0.2) is 25.6 Å². The Morgan fingerprint density at radius 2 is 1.62 bits per heavy atom. The van der Waals surface area contributed by atoms with Crippen molar-refractivity contribution in [3.05, 3.63) is 87.8 Å². The second kappa shape index (κ2) is 7.56. The highest BCUT2D eigenvalue weighted by molar-refractivity contribution is 7.90. The standard InChI is InChI=1S/C24H21FN2O4S/c1-24(2,17-9-5-7-11-21(17)32(3,30)31)27-23(29)15-13-20-16(12-18(15)25)22(28)14-8-4-6-10-19(14)26-20/h4-13H,1-3H3,(H,26,28)(H,27,29). The molecule has 3 aromatic carbocycles. The SMILES string of the molecule is CC(C)(NC(=O)c1cc2[nH]c3ccccc3c(=O)c2cc1F)c1ccccc1S(C)(=O)=O. The molecule has 0 atom stereocenters. The molecule has 0 fully saturated rings. The van der Waals surface area contributed by atoms with Crippen molar-refractivity contribution in [2.24, 2.45) is 0 Å². The number of para-hydroxylation sites is 1. The minimum Gasteiger partial charge on any atom is -0.354 e. The lowest BCUT2D eigenvalue weighted by molar-refractivity contribution is 0.0907. The number of aromatic amines is 1. The van der Waals surface area contributed by atoms with Crippen LogP contribution in [0.1, 0.15) is 29.8 Å². The Hall–Kier alpha value is -3.52. The number of benzene rings is 3. The topological polar surface area (TPSA) is 96.1 Å². The number of nitrogens with one attached hydrogen (secondary N) is 2. The lowest BCUT2D eigenvalue weighted by Crippen LogP contribution is -2.42. The lowest BCUT2D eigenvalue weighted by atomic mass is 9.93. The first kappa shape index (κ1) is 21.7. The van der Waals surface area contributed by atoms with Crippen LogP contribution in [0, 0.1) is 5.82 Å². The van der Waals surface area contributed by atoms with E-state index < -0.39 is 27.1 Å². The van der Waals surface area contributed by atoms with Crippen molar-refractivity contribution in [3.8, 4) is 0 Å². The van der Waals surface area contributed by atoms with Gasteiger partial charge in [0.1, 0.15) is 5.82 Å². The molecule has 1 heterocycles. The van der Waals surface area contributed by atoms with Crippen molar-refractivity contribution in [1.82, 2.24) is 10.3 Å². The number of amides is 1. The van der Waals surface area contributed by atoms with Gasteiger partial charge in [0.05, 0.1) is 21.5 Å². The summed E-state index contributed by atoms with van der Waals surface area (Å²) < 4.78 is 39.3. The number of H-pyrrole nitrogens is 1. The van der Waals surface area contributed by atoms with Crippen LogP contribution >= 0.6 is 0 Å². The maximum atomic E-state index is 14.9. The summed E-state index contributed by atoms with van der Waals surface area (Å²) in [5.41, 5.74) is -0.415. The molecular formula is C24H21FN2O4S. The van der Waals surface area contributed by atoms with Gasteiger partial charge >= 0.3 is 0 Å². The Bertz CT molecular complexity index is 1560. The highest BCUT2D eigenvalue weighted by Crippen LogP contribution is 2.28. The number of pyridine rings is 1. The van der Waals surface area contributed by atoms with Crippen LogP contribution in [0.2, 0.25) is 0 Å². The predicted molar refractivity (Wildman–Crippen MR) is 122 cm³/mol. The van der Waals surface area contributed by atoms with Crippen molar-refractivity contribution < 1.29 is 17.6 Å². The van der Waals surface area contributed by atoms with Crippen LogP contribution in [-0.2, 0) is 15.4 Å². The molecule has 0 aliphatic heterocycles. The van der Waals surface area contributed by atoms with Crippen molar-refractivity contribution in [3.63, 3.8) is 0 Å². The average Bonchev–Trinajstić information content (AvgIpc) is 2.73. The van der Waals surface area contributed by atoms with Gasteiger partial charge in [0.25, 0.3) is 5.91 Å². The monoisotopic (exact) mass is 452 g/mol. The fraction of sp³-hybridized carbons (Fsp3) is 0.167. The van der Waals surface area contributed by atoms with Gasteiger partial charge in [-0.2, -0.15) is 0 Å². The summed E-state index contributed by atoms with van der Waals surface area (Å²) in [7, 11) is -3.54. The van der Waals surface area contributed by atoms with Gasteiger partial charge < -0.3 is 10.3 Å². The maximum absolute atomic E-state index is 14.9. The van der Waals surface area contributed by atoms with Gasteiger partial charge in [0.15, 0.2) is 15.3 Å². The zero-order valence-electron chi connectivity index (χ0n) is 17.7. The number of sulfone groups is 1. The molecule has 4 rings (SSSR count). The zero-order valence-corrected chi connectivity index (χ0v) is 18.5. The van der Waals surface area contributed by atoms with Crippen molar-refractivity contribution >= 4 is 37.6 Å². The van der Waals surface area contributed by atoms with E-state index in [0.717, 1.165) is 12.3 Å². The van der Waals surface area contributed by atoms with Gasteiger partial charge in [-0.25, -0.2) is 12.8 Å². The molecule has 0 spiro atoms. The molecule has 2 N–H and O–H groups in total. The summed E-state index contributed by atoms with van der Waals surface area (Å²) in [6, 6.07) is 15.5. The first-order chi connectivity index (χ1) is 15.0. The maximum Gasteiger partial charge on any atom is 0.255 e. The van der Waals surface area contributed by atoms with Gasteiger partial charge in [-0.05, 0) is 49.7 Å². The molecule has 0 aliphatic carbocycles. The fourth-order valence-electron chi connectivity index (χ4n) is 3.84. The number of rotatable bonds is 4. The van der Waals surface area contributed by atoms with Crippen LogP contribution in [0.4, 0.5) is 4.39 Å². The number of carbonyl (C=O) groups is 1. The molecule has 1 aromatic heterocycles. The van der Waals surface area contributed by atoms with Gasteiger partial charge in [0.2, 0.25) is 0 Å². The molecule has 0 aliphatic rings.